The van der Waals surface area contributed by atoms with Crippen LogP contribution in [0.25, 0.3) is 0 Å². The Morgan fingerprint density at radius 3 is 2.14 bits per heavy atom. The second-order valence-corrected chi connectivity index (χ2v) is 6.13. The molecular weight excluding hydrogens is 516 g/mol. The number of carbonyl (C=O) groups excluding carboxylic acids is 1. The first-order valence-corrected chi connectivity index (χ1v) is 7.37. The Balaban J connectivity index is 3.09. The van der Waals surface area contributed by atoms with E-state index in [1.165, 1.54) is 19.1 Å². The summed E-state index contributed by atoms with van der Waals surface area (Å²) in [7, 11) is 0. The lowest BCUT2D eigenvalue weighted by Gasteiger charge is -2.16. The number of ether oxygens (including phenoxy) is 2. The number of aliphatic carboxylic acids is 1. The normalized spacial score (nSPS) is 10.9. The Morgan fingerprint density at radius 1 is 1.29 bits per heavy atom. The third-order valence-electron chi connectivity index (χ3n) is 2.01. The first-order chi connectivity index (χ1) is 9.54. The number of alkyl halides is 2. The SMILES string of the molecule is C=C(C)C(=O)Oc1cc(I)c(OC(F)(F)C(=O)O)c(I)c1. The van der Waals surface area contributed by atoms with Crippen LogP contribution >= 0.6 is 45.2 Å². The van der Waals surface area contributed by atoms with Crippen LogP contribution in [0.5, 0.6) is 11.5 Å². The minimum absolute atomic E-state index is 0.114. The number of benzene rings is 1. The minimum Gasteiger partial charge on any atom is -0.474 e. The number of carboxylic acids is 1. The molecule has 0 amide bonds. The fraction of sp³-hybridized carbons (Fsp3) is 0.167. The molecular formula is C12H8F2I2O5. The summed E-state index contributed by atoms with van der Waals surface area (Å²) in [5.74, 6) is -3.25. The Kier molecular flexibility index (Phi) is 5.90. The summed E-state index contributed by atoms with van der Waals surface area (Å²) in [6, 6.07) is 2.55. The molecule has 0 unspecified atom stereocenters. The van der Waals surface area contributed by atoms with Gasteiger partial charge in [0.05, 0.1) is 7.14 Å². The number of hydrogen-bond acceptors (Lipinski definition) is 4. The zero-order valence-electron chi connectivity index (χ0n) is 10.5. The van der Waals surface area contributed by atoms with Crippen LogP contribution in [0.15, 0.2) is 24.3 Å². The molecule has 0 bridgehead atoms. The van der Waals surface area contributed by atoms with Gasteiger partial charge in [0.25, 0.3) is 0 Å². The van der Waals surface area contributed by atoms with E-state index in [1.54, 1.807) is 45.2 Å². The molecule has 1 aromatic rings. The van der Waals surface area contributed by atoms with Crippen molar-refractivity contribution < 1.29 is 33.0 Å². The lowest BCUT2D eigenvalue weighted by Crippen LogP contribution is -2.35. The van der Waals surface area contributed by atoms with Crippen LogP contribution in [0.1, 0.15) is 6.92 Å². The van der Waals surface area contributed by atoms with Gasteiger partial charge in [0, 0.05) is 5.57 Å². The molecule has 114 valence electrons. The highest BCUT2D eigenvalue weighted by atomic mass is 127. The standard InChI is InChI=1S/C12H8F2I2O5/c1-5(2)10(17)20-6-3-7(15)9(8(16)4-6)21-12(13,14)11(18)19/h3-4H,1H2,2H3,(H,18,19). The van der Waals surface area contributed by atoms with Crippen molar-refractivity contribution in [3.8, 4) is 11.5 Å². The molecule has 21 heavy (non-hydrogen) atoms. The van der Waals surface area contributed by atoms with Gasteiger partial charge in [-0.05, 0) is 64.2 Å². The van der Waals surface area contributed by atoms with Crippen LogP contribution in [0.3, 0.4) is 0 Å². The van der Waals surface area contributed by atoms with E-state index in [0.717, 1.165) is 0 Å². The quantitative estimate of drug-likeness (QED) is 0.277. The Bertz CT molecular complexity index is 593. The molecule has 1 aromatic carbocycles. The summed E-state index contributed by atoms with van der Waals surface area (Å²) >= 11 is 3.34. The van der Waals surface area contributed by atoms with Crippen LogP contribution in [0.4, 0.5) is 8.78 Å². The molecule has 0 heterocycles. The van der Waals surface area contributed by atoms with E-state index in [-0.39, 0.29) is 24.2 Å². The van der Waals surface area contributed by atoms with Crippen molar-refractivity contribution in [1.29, 1.82) is 0 Å². The fourth-order valence-electron chi connectivity index (χ4n) is 1.06. The number of halogens is 4. The van der Waals surface area contributed by atoms with Gasteiger partial charge in [0.2, 0.25) is 0 Å². The van der Waals surface area contributed by atoms with Crippen molar-refractivity contribution in [3.05, 3.63) is 31.4 Å². The number of rotatable bonds is 5. The molecule has 5 nitrogen and oxygen atoms in total. The van der Waals surface area contributed by atoms with Crippen LogP contribution in [0.2, 0.25) is 0 Å². The van der Waals surface area contributed by atoms with Gasteiger partial charge in [0.1, 0.15) is 5.75 Å². The van der Waals surface area contributed by atoms with E-state index >= 15 is 0 Å². The zero-order valence-corrected chi connectivity index (χ0v) is 14.8. The smallest absolute Gasteiger partial charge is 0.474 e. The number of carboxylic acid groups (broad SMARTS) is 1. The second kappa shape index (κ2) is 6.85. The van der Waals surface area contributed by atoms with Gasteiger partial charge >= 0.3 is 18.0 Å². The molecule has 1 N–H and O–H groups in total. The van der Waals surface area contributed by atoms with Crippen molar-refractivity contribution in [2.75, 3.05) is 0 Å². The molecule has 9 heteroatoms. The van der Waals surface area contributed by atoms with E-state index in [1.807, 2.05) is 0 Å². The maximum atomic E-state index is 13.1. The van der Waals surface area contributed by atoms with Crippen molar-refractivity contribution in [3.63, 3.8) is 0 Å². The number of esters is 1. The zero-order chi connectivity index (χ0) is 16.4. The topological polar surface area (TPSA) is 72.8 Å². The lowest BCUT2D eigenvalue weighted by atomic mass is 10.3. The summed E-state index contributed by atoms with van der Waals surface area (Å²) in [5.41, 5.74) is 0.178. The van der Waals surface area contributed by atoms with Gasteiger partial charge in [0.15, 0.2) is 5.75 Å². The highest BCUT2D eigenvalue weighted by molar-refractivity contribution is 14.1. The van der Waals surface area contributed by atoms with E-state index in [2.05, 4.69) is 11.3 Å². The van der Waals surface area contributed by atoms with Crippen LogP contribution in [-0.2, 0) is 9.59 Å². The third kappa shape index (κ3) is 4.76. The average molecular weight is 524 g/mol. The second-order valence-electron chi connectivity index (χ2n) is 3.81. The Hall–Kier alpha value is -0.980. The Morgan fingerprint density at radius 2 is 1.76 bits per heavy atom. The highest BCUT2D eigenvalue weighted by Crippen LogP contribution is 2.35. The van der Waals surface area contributed by atoms with Crippen molar-refractivity contribution in [2.24, 2.45) is 0 Å². The molecule has 1 rings (SSSR count). The summed E-state index contributed by atoms with van der Waals surface area (Å²) < 4.78 is 35.7. The summed E-state index contributed by atoms with van der Waals surface area (Å²) in [6.45, 7) is 4.88. The fourth-order valence-corrected chi connectivity index (χ4v) is 2.99. The maximum Gasteiger partial charge on any atom is 0.501 e. The monoisotopic (exact) mass is 524 g/mol. The first kappa shape index (κ1) is 18.1. The van der Waals surface area contributed by atoms with E-state index in [4.69, 9.17) is 9.84 Å². The third-order valence-corrected chi connectivity index (χ3v) is 3.61. The molecule has 0 radical (unpaired) electrons. The largest absolute Gasteiger partial charge is 0.501 e. The van der Waals surface area contributed by atoms with Gasteiger partial charge in [-0.1, -0.05) is 6.58 Å². The molecule has 0 aromatic heterocycles. The summed E-state index contributed by atoms with van der Waals surface area (Å²) in [4.78, 5) is 21.8. The lowest BCUT2D eigenvalue weighted by molar-refractivity contribution is -0.211. The van der Waals surface area contributed by atoms with Crippen molar-refractivity contribution >= 4 is 57.1 Å². The highest BCUT2D eigenvalue weighted by Gasteiger charge is 2.43. The van der Waals surface area contributed by atoms with E-state index < -0.39 is 18.0 Å². The first-order valence-electron chi connectivity index (χ1n) is 5.21. The van der Waals surface area contributed by atoms with E-state index in [9.17, 15) is 18.4 Å². The Labute approximate surface area is 145 Å². The minimum atomic E-state index is -4.35. The molecule has 0 aliphatic heterocycles. The molecule has 0 aliphatic carbocycles. The molecule has 0 saturated heterocycles. The van der Waals surface area contributed by atoms with Gasteiger partial charge in [-0.25, -0.2) is 9.59 Å². The van der Waals surface area contributed by atoms with E-state index in [0.29, 0.717) is 0 Å². The molecule has 0 fully saturated rings. The predicted octanol–water partition coefficient (Wildman–Crippen LogP) is 3.43. The number of hydrogen-bond donors (Lipinski definition) is 1. The number of carbonyl (C=O) groups is 2. The van der Waals surface area contributed by atoms with Crippen LogP contribution in [-0.4, -0.2) is 23.2 Å². The predicted molar refractivity (Wildman–Crippen MR) is 85.5 cm³/mol. The summed E-state index contributed by atoms with van der Waals surface area (Å²) in [6.07, 6.45) is -4.35. The molecule has 0 spiro atoms. The van der Waals surface area contributed by atoms with Gasteiger partial charge in [-0.15, -0.1) is 0 Å². The van der Waals surface area contributed by atoms with Gasteiger partial charge in [-0.3, -0.25) is 0 Å². The van der Waals surface area contributed by atoms with Crippen molar-refractivity contribution in [1.82, 2.24) is 0 Å². The summed E-state index contributed by atoms with van der Waals surface area (Å²) in [5, 5.41) is 8.36. The maximum absolute atomic E-state index is 13.1. The van der Waals surface area contributed by atoms with Crippen LogP contribution < -0.4 is 9.47 Å². The molecule has 0 aliphatic rings. The van der Waals surface area contributed by atoms with Gasteiger partial charge < -0.3 is 14.6 Å². The average Bonchev–Trinajstić information content (AvgIpc) is 2.33. The molecule has 0 atom stereocenters. The van der Waals surface area contributed by atoms with Gasteiger partial charge in [-0.2, -0.15) is 8.78 Å². The molecule has 0 saturated carbocycles. The van der Waals surface area contributed by atoms with Crippen molar-refractivity contribution in [2.45, 2.75) is 13.0 Å². The van der Waals surface area contributed by atoms with Crippen LogP contribution in [0, 0.1) is 7.14 Å².